The molecule has 0 radical (unpaired) electrons. The van der Waals surface area contributed by atoms with Gasteiger partial charge in [-0.3, -0.25) is 13.9 Å². The number of nitrogens with one attached hydrogen (secondary N) is 1. The highest BCUT2D eigenvalue weighted by atomic mass is 35.5. The molecule has 33 heavy (non-hydrogen) atoms. The standard InChI is InChI=1S/C23H29ClFN3O4S/c1-16-7-10-19(24)14-21(16)28(33(4,31)32)13-5-6-22(29)27(17(2)23(30)26-3)15-18-8-11-20(25)12-9-18/h7-12,14,17H,5-6,13,15H2,1-4H3,(H,26,30)/t17-/m0/s1. The summed E-state index contributed by atoms with van der Waals surface area (Å²) in [7, 11) is -2.13. The minimum absolute atomic E-state index is 0.0220. The molecule has 2 aromatic carbocycles. The molecule has 180 valence electrons. The summed E-state index contributed by atoms with van der Waals surface area (Å²) in [5.41, 5.74) is 1.87. The van der Waals surface area contributed by atoms with Gasteiger partial charge in [0, 0.05) is 31.6 Å². The van der Waals surface area contributed by atoms with E-state index in [1.165, 1.54) is 28.4 Å². The fraction of sp³-hybridized carbons (Fsp3) is 0.391. The van der Waals surface area contributed by atoms with E-state index in [9.17, 15) is 22.4 Å². The first-order valence-corrected chi connectivity index (χ1v) is 12.7. The highest BCUT2D eigenvalue weighted by molar-refractivity contribution is 7.92. The number of hydrogen-bond donors (Lipinski definition) is 1. The number of halogens is 2. The number of amides is 2. The zero-order valence-corrected chi connectivity index (χ0v) is 20.7. The van der Waals surface area contributed by atoms with E-state index in [1.54, 1.807) is 44.2 Å². The Hall–Kier alpha value is -2.65. The molecule has 2 aromatic rings. The van der Waals surface area contributed by atoms with Crippen molar-refractivity contribution < 1.29 is 22.4 Å². The molecular formula is C23H29ClFN3O4S. The molecular weight excluding hydrogens is 469 g/mol. The van der Waals surface area contributed by atoms with Crippen LogP contribution >= 0.6 is 11.6 Å². The van der Waals surface area contributed by atoms with E-state index in [0.717, 1.165) is 11.8 Å². The average molecular weight is 498 g/mol. The Balaban J connectivity index is 2.17. The molecule has 2 amide bonds. The van der Waals surface area contributed by atoms with E-state index < -0.39 is 21.9 Å². The molecule has 10 heteroatoms. The molecule has 0 spiro atoms. The van der Waals surface area contributed by atoms with Gasteiger partial charge in [0.1, 0.15) is 11.9 Å². The van der Waals surface area contributed by atoms with Gasteiger partial charge in [-0.2, -0.15) is 0 Å². The van der Waals surface area contributed by atoms with Gasteiger partial charge in [-0.15, -0.1) is 0 Å². The molecule has 0 fully saturated rings. The summed E-state index contributed by atoms with van der Waals surface area (Å²) in [5, 5.41) is 2.94. The first-order chi connectivity index (χ1) is 15.4. The normalized spacial score (nSPS) is 12.2. The van der Waals surface area contributed by atoms with E-state index in [1.807, 2.05) is 0 Å². The van der Waals surface area contributed by atoms with Crippen LogP contribution in [-0.2, 0) is 26.2 Å². The summed E-state index contributed by atoms with van der Waals surface area (Å²) in [6.45, 7) is 3.59. The maximum atomic E-state index is 13.2. The Morgan fingerprint density at radius 3 is 2.36 bits per heavy atom. The third-order valence-electron chi connectivity index (χ3n) is 5.27. The van der Waals surface area contributed by atoms with Crippen molar-refractivity contribution in [2.75, 3.05) is 24.2 Å². The van der Waals surface area contributed by atoms with Crippen LogP contribution in [0.4, 0.5) is 10.1 Å². The van der Waals surface area contributed by atoms with Crippen LogP contribution in [0.5, 0.6) is 0 Å². The van der Waals surface area contributed by atoms with Gasteiger partial charge in [0.2, 0.25) is 21.8 Å². The number of sulfonamides is 1. The van der Waals surface area contributed by atoms with Crippen molar-refractivity contribution in [1.29, 1.82) is 0 Å². The van der Waals surface area contributed by atoms with Crippen molar-refractivity contribution in [2.24, 2.45) is 0 Å². The first kappa shape index (κ1) is 26.6. The van der Waals surface area contributed by atoms with E-state index in [0.29, 0.717) is 16.3 Å². The predicted molar refractivity (Wildman–Crippen MR) is 128 cm³/mol. The van der Waals surface area contributed by atoms with E-state index in [-0.39, 0.29) is 37.7 Å². The molecule has 7 nitrogen and oxygen atoms in total. The van der Waals surface area contributed by atoms with E-state index >= 15 is 0 Å². The van der Waals surface area contributed by atoms with Crippen LogP contribution < -0.4 is 9.62 Å². The Bertz CT molecular complexity index is 1090. The number of aryl methyl sites for hydroxylation is 1. The van der Waals surface area contributed by atoms with Crippen LogP contribution in [0.2, 0.25) is 5.02 Å². The van der Waals surface area contributed by atoms with Crippen LogP contribution in [0.1, 0.15) is 30.9 Å². The van der Waals surface area contributed by atoms with Crippen molar-refractivity contribution in [3.63, 3.8) is 0 Å². The molecule has 0 aliphatic carbocycles. The molecule has 0 aromatic heterocycles. The summed E-state index contributed by atoms with van der Waals surface area (Å²) in [6, 6.07) is 9.93. The van der Waals surface area contributed by atoms with Crippen molar-refractivity contribution >= 4 is 39.1 Å². The Kier molecular flexibility index (Phi) is 9.25. The second-order valence-corrected chi connectivity index (χ2v) is 10.2. The molecule has 0 unspecified atom stereocenters. The zero-order chi connectivity index (χ0) is 24.8. The van der Waals surface area contributed by atoms with Gasteiger partial charge in [0.25, 0.3) is 0 Å². The maximum absolute atomic E-state index is 13.2. The smallest absolute Gasteiger partial charge is 0.242 e. The predicted octanol–water partition coefficient (Wildman–Crippen LogP) is 3.50. The third kappa shape index (κ3) is 7.43. The van der Waals surface area contributed by atoms with Crippen LogP contribution in [-0.4, -0.2) is 51.0 Å². The molecule has 1 atom stereocenters. The van der Waals surface area contributed by atoms with Gasteiger partial charge in [0.05, 0.1) is 11.9 Å². The van der Waals surface area contributed by atoms with Crippen molar-refractivity contribution in [3.05, 3.63) is 64.4 Å². The second-order valence-electron chi connectivity index (χ2n) is 7.81. The van der Waals surface area contributed by atoms with Crippen LogP contribution in [0.25, 0.3) is 0 Å². The summed E-state index contributed by atoms with van der Waals surface area (Å²) in [4.78, 5) is 26.7. The lowest BCUT2D eigenvalue weighted by molar-refractivity contribution is -0.140. The maximum Gasteiger partial charge on any atom is 0.242 e. The van der Waals surface area contributed by atoms with Gasteiger partial charge in [-0.1, -0.05) is 29.8 Å². The Labute approximate surface area is 199 Å². The average Bonchev–Trinajstić information content (AvgIpc) is 2.76. The molecule has 0 aliphatic heterocycles. The van der Waals surface area contributed by atoms with Crippen LogP contribution in [0.3, 0.4) is 0 Å². The third-order valence-corrected chi connectivity index (χ3v) is 6.69. The van der Waals surface area contributed by atoms with Crippen molar-refractivity contribution in [2.45, 2.75) is 39.3 Å². The number of carbonyl (C=O) groups is 2. The monoisotopic (exact) mass is 497 g/mol. The first-order valence-electron chi connectivity index (χ1n) is 10.4. The van der Waals surface area contributed by atoms with E-state index in [2.05, 4.69) is 5.32 Å². The minimum atomic E-state index is -3.61. The summed E-state index contributed by atoms with van der Waals surface area (Å²) in [6.07, 6.45) is 1.36. The summed E-state index contributed by atoms with van der Waals surface area (Å²) >= 11 is 6.06. The number of anilines is 1. The quantitative estimate of drug-likeness (QED) is 0.544. The number of rotatable bonds is 10. The van der Waals surface area contributed by atoms with Gasteiger partial charge in [0.15, 0.2) is 0 Å². The Morgan fingerprint density at radius 1 is 1.15 bits per heavy atom. The number of likely N-dealkylation sites (N-methyl/N-ethyl adjacent to an activating group) is 1. The fourth-order valence-electron chi connectivity index (χ4n) is 3.41. The molecule has 0 heterocycles. The number of benzene rings is 2. The number of hydrogen-bond acceptors (Lipinski definition) is 4. The lowest BCUT2D eigenvalue weighted by atomic mass is 10.1. The lowest BCUT2D eigenvalue weighted by Crippen LogP contribution is -2.46. The molecule has 0 bridgehead atoms. The van der Waals surface area contributed by atoms with Crippen molar-refractivity contribution in [3.8, 4) is 0 Å². The Morgan fingerprint density at radius 2 is 1.79 bits per heavy atom. The SMILES string of the molecule is CNC(=O)[C@H](C)N(Cc1ccc(F)cc1)C(=O)CCCN(c1cc(Cl)ccc1C)S(C)(=O)=O. The minimum Gasteiger partial charge on any atom is -0.357 e. The highest BCUT2D eigenvalue weighted by Gasteiger charge is 2.26. The van der Waals surface area contributed by atoms with Crippen LogP contribution in [0.15, 0.2) is 42.5 Å². The highest BCUT2D eigenvalue weighted by Crippen LogP contribution is 2.27. The number of carbonyl (C=O) groups excluding carboxylic acids is 2. The number of nitrogens with zero attached hydrogens (tertiary/aromatic N) is 2. The van der Waals surface area contributed by atoms with Gasteiger partial charge >= 0.3 is 0 Å². The molecule has 0 saturated heterocycles. The second kappa shape index (κ2) is 11.5. The van der Waals surface area contributed by atoms with Gasteiger partial charge in [-0.05, 0) is 55.7 Å². The fourth-order valence-corrected chi connectivity index (χ4v) is 4.59. The van der Waals surface area contributed by atoms with Gasteiger partial charge in [-0.25, -0.2) is 12.8 Å². The molecule has 0 saturated carbocycles. The molecule has 2 rings (SSSR count). The topological polar surface area (TPSA) is 86.8 Å². The largest absolute Gasteiger partial charge is 0.357 e. The van der Waals surface area contributed by atoms with Crippen LogP contribution in [0, 0.1) is 12.7 Å². The summed E-state index contributed by atoms with van der Waals surface area (Å²) in [5.74, 6) is -1.04. The van der Waals surface area contributed by atoms with Crippen molar-refractivity contribution in [1.82, 2.24) is 10.2 Å². The van der Waals surface area contributed by atoms with E-state index in [4.69, 9.17) is 11.6 Å². The molecule has 1 N–H and O–H groups in total. The lowest BCUT2D eigenvalue weighted by Gasteiger charge is -2.29. The van der Waals surface area contributed by atoms with Gasteiger partial charge < -0.3 is 10.2 Å². The zero-order valence-electron chi connectivity index (χ0n) is 19.1. The molecule has 0 aliphatic rings. The summed E-state index contributed by atoms with van der Waals surface area (Å²) < 4.78 is 39.3.